The number of carboxylic acid groups (broad SMARTS) is 1. The molecule has 1 aromatic heterocycles. The molecule has 0 bridgehead atoms. The van der Waals surface area contributed by atoms with E-state index in [-0.39, 0.29) is 24.9 Å². The maximum absolute atomic E-state index is 15.3. The van der Waals surface area contributed by atoms with Crippen LogP contribution in [-0.4, -0.2) is 55.7 Å². The quantitative estimate of drug-likeness (QED) is 0.459. The number of aromatic nitrogens is 1. The molecule has 35 heavy (non-hydrogen) atoms. The van der Waals surface area contributed by atoms with Crippen LogP contribution >= 0.6 is 11.3 Å². The van der Waals surface area contributed by atoms with Crippen molar-refractivity contribution < 1.29 is 27.4 Å². The highest BCUT2D eigenvalue weighted by molar-refractivity contribution is 7.92. The van der Waals surface area contributed by atoms with E-state index >= 15 is 4.39 Å². The Labute approximate surface area is 206 Å². The van der Waals surface area contributed by atoms with Crippen LogP contribution in [0.15, 0.2) is 52.2 Å². The van der Waals surface area contributed by atoms with Crippen LogP contribution in [0.2, 0.25) is 0 Å². The molecule has 2 aromatic carbocycles. The van der Waals surface area contributed by atoms with Gasteiger partial charge in [0.2, 0.25) is 0 Å². The molecule has 1 saturated heterocycles. The predicted octanol–water partition coefficient (Wildman–Crippen LogP) is 4.16. The number of likely N-dealkylation sites (tertiary alicyclic amines) is 1. The van der Waals surface area contributed by atoms with Crippen LogP contribution in [0.1, 0.15) is 17.5 Å². The SMILES string of the molecule is COc1ccc(CN(c2cscn2)S(=O)(=O)c2cc(C)c(NC3CCN(C(=O)O)C3)cc2F)cc1. The summed E-state index contributed by atoms with van der Waals surface area (Å²) in [6, 6.07) is 9.19. The van der Waals surface area contributed by atoms with Crippen LogP contribution in [0.5, 0.6) is 5.75 Å². The Morgan fingerprint density at radius 2 is 2.09 bits per heavy atom. The number of benzene rings is 2. The average Bonchev–Trinajstić information content (AvgIpc) is 3.52. The number of anilines is 2. The summed E-state index contributed by atoms with van der Waals surface area (Å²) in [7, 11) is -2.76. The Kier molecular flexibility index (Phi) is 7.13. The number of halogens is 1. The van der Waals surface area contributed by atoms with Crippen molar-refractivity contribution >= 4 is 39.0 Å². The van der Waals surface area contributed by atoms with Crippen molar-refractivity contribution in [2.24, 2.45) is 0 Å². The van der Waals surface area contributed by atoms with E-state index in [1.807, 2.05) is 0 Å². The van der Waals surface area contributed by atoms with E-state index in [1.54, 1.807) is 43.7 Å². The van der Waals surface area contributed by atoms with Gasteiger partial charge in [0.15, 0.2) is 5.82 Å². The van der Waals surface area contributed by atoms with Crippen LogP contribution in [-0.2, 0) is 16.6 Å². The number of aryl methyl sites for hydroxylation is 1. The number of methoxy groups -OCH3 is 1. The number of nitrogens with zero attached hydrogens (tertiary/aromatic N) is 3. The minimum absolute atomic E-state index is 0.0400. The molecule has 4 rings (SSSR count). The van der Waals surface area contributed by atoms with E-state index in [9.17, 15) is 13.2 Å². The van der Waals surface area contributed by atoms with Gasteiger partial charge in [0.1, 0.15) is 16.5 Å². The Bertz CT molecular complexity index is 1300. The first kappa shape index (κ1) is 24.7. The maximum atomic E-state index is 15.3. The highest BCUT2D eigenvalue weighted by atomic mass is 32.2. The third-order valence-corrected chi connectivity index (χ3v) is 8.16. The average molecular weight is 521 g/mol. The zero-order chi connectivity index (χ0) is 25.2. The molecule has 0 saturated carbocycles. The molecule has 3 aromatic rings. The molecule has 9 nitrogen and oxygen atoms in total. The summed E-state index contributed by atoms with van der Waals surface area (Å²) in [4.78, 5) is 16.1. The van der Waals surface area contributed by atoms with Crippen molar-refractivity contribution in [3.8, 4) is 5.75 Å². The van der Waals surface area contributed by atoms with Crippen LogP contribution in [0.25, 0.3) is 0 Å². The number of amides is 1. The van der Waals surface area contributed by atoms with Gasteiger partial charge in [-0.1, -0.05) is 12.1 Å². The monoisotopic (exact) mass is 520 g/mol. The van der Waals surface area contributed by atoms with Crippen molar-refractivity contribution in [1.82, 2.24) is 9.88 Å². The maximum Gasteiger partial charge on any atom is 0.407 e. The molecule has 1 fully saturated rings. The number of hydrogen-bond donors (Lipinski definition) is 2. The summed E-state index contributed by atoms with van der Waals surface area (Å²) in [6.45, 7) is 2.30. The number of sulfonamides is 1. The van der Waals surface area contributed by atoms with Crippen molar-refractivity contribution in [3.63, 3.8) is 0 Å². The molecule has 1 unspecified atom stereocenters. The van der Waals surface area contributed by atoms with Gasteiger partial charge in [-0.05, 0) is 48.7 Å². The summed E-state index contributed by atoms with van der Waals surface area (Å²) in [5.41, 5.74) is 3.15. The minimum Gasteiger partial charge on any atom is -0.497 e. The molecule has 1 amide bonds. The smallest absolute Gasteiger partial charge is 0.407 e. The molecule has 2 N–H and O–H groups in total. The highest BCUT2D eigenvalue weighted by Gasteiger charge is 2.31. The van der Waals surface area contributed by atoms with Crippen LogP contribution in [0, 0.1) is 12.7 Å². The Balaban J connectivity index is 1.63. The van der Waals surface area contributed by atoms with Gasteiger partial charge in [-0.15, -0.1) is 11.3 Å². The lowest BCUT2D eigenvalue weighted by molar-refractivity contribution is 0.155. The predicted molar refractivity (Wildman–Crippen MR) is 131 cm³/mol. The van der Waals surface area contributed by atoms with Gasteiger partial charge in [-0.2, -0.15) is 0 Å². The number of nitrogens with one attached hydrogen (secondary N) is 1. The summed E-state index contributed by atoms with van der Waals surface area (Å²) in [6.07, 6.45) is -0.426. The molecule has 1 atom stereocenters. The highest BCUT2D eigenvalue weighted by Crippen LogP contribution is 2.31. The first-order valence-electron chi connectivity index (χ1n) is 10.8. The lowest BCUT2D eigenvalue weighted by Crippen LogP contribution is -2.32. The van der Waals surface area contributed by atoms with Crippen LogP contribution < -0.4 is 14.4 Å². The van der Waals surface area contributed by atoms with Gasteiger partial charge in [0.05, 0.1) is 19.2 Å². The lowest BCUT2D eigenvalue weighted by atomic mass is 10.1. The number of ether oxygens (including phenoxy) is 1. The Hall–Kier alpha value is -3.38. The molecular formula is C23H25FN4O5S2. The fraction of sp³-hybridized carbons (Fsp3) is 0.304. The lowest BCUT2D eigenvalue weighted by Gasteiger charge is -2.24. The molecule has 186 valence electrons. The molecule has 1 aliphatic heterocycles. The summed E-state index contributed by atoms with van der Waals surface area (Å²) in [5.74, 6) is -0.0683. The number of thiazole rings is 1. The zero-order valence-electron chi connectivity index (χ0n) is 19.1. The Morgan fingerprint density at radius 3 is 2.69 bits per heavy atom. The molecule has 0 radical (unpaired) electrons. The number of hydrogen-bond acceptors (Lipinski definition) is 7. The van der Waals surface area contributed by atoms with E-state index < -0.39 is 26.8 Å². The first-order chi connectivity index (χ1) is 16.7. The number of rotatable bonds is 8. The second-order valence-corrected chi connectivity index (χ2v) is 10.7. The second kappa shape index (κ2) is 10.1. The fourth-order valence-electron chi connectivity index (χ4n) is 3.91. The van der Waals surface area contributed by atoms with E-state index in [1.165, 1.54) is 27.8 Å². The van der Waals surface area contributed by atoms with Crippen LogP contribution in [0.3, 0.4) is 0 Å². The van der Waals surface area contributed by atoms with Crippen molar-refractivity contribution in [3.05, 3.63) is 64.2 Å². The van der Waals surface area contributed by atoms with Crippen molar-refractivity contribution in [2.45, 2.75) is 30.8 Å². The van der Waals surface area contributed by atoms with Gasteiger partial charge >= 0.3 is 6.09 Å². The fourth-order valence-corrected chi connectivity index (χ4v) is 6.05. The summed E-state index contributed by atoms with van der Waals surface area (Å²) < 4.78 is 48.8. The minimum atomic E-state index is -4.30. The summed E-state index contributed by atoms with van der Waals surface area (Å²) in [5, 5.41) is 13.9. The molecule has 1 aliphatic rings. The number of carbonyl (C=O) groups is 1. The molecule has 2 heterocycles. The van der Waals surface area contributed by atoms with Crippen molar-refractivity contribution in [2.75, 3.05) is 29.8 Å². The van der Waals surface area contributed by atoms with E-state index in [0.29, 0.717) is 35.5 Å². The van der Waals surface area contributed by atoms with Gasteiger partial charge in [-0.3, -0.25) is 0 Å². The van der Waals surface area contributed by atoms with Gasteiger partial charge in [0.25, 0.3) is 10.0 Å². The third kappa shape index (κ3) is 5.33. The topological polar surface area (TPSA) is 112 Å². The van der Waals surface area contributed by atoms with E-state index in [4.69, 9.17) is 9.84 Å². The van der Waals surface area contributed by atoms with Gasteiger partial charge in [0, 0.05) is 30.2 Å². The van der Waals surface area contributed by atoms with Gasteiger partial charge < -0.3 is 20.1 Å². The van der Waals surface area contributed by atoms with Gasteiger partial charge in [-0.25, -0.2) is 26.9 Å². The molecule has 0 spiro atoms. The Morgan fingerprint density at radius 1 is 1.34 bits per heavy atom. The first-order valence-corrected chi connectivity index (χ1v) is 13.2. The normalized spacial score (nSPS) is 15.7. The van der Waals surface area contributed by atoms with E-state index in [2.05, 4.69) is 10.3 Å². The third-order valence-electron chi connectivity index (χ3n) is 5.83. The second-order valence-electron chi connectivity index (χ2n) is 8.16. The van der Waals surface area contributed by atoms with Crippen LogP contribution in [0.4, 0.5) is 20.7 Å². The zero-order valence-corrected chi connectivity index (χ0v) is 20.8. The molecule has 0 aliphatic carbocycles. The van der Waals surface area contributed by atoms with E-state index in [0.717, 1.165) is 10.4 Å². The van der Waals surface area contributed by atoms with Crippen molar-refractivity contribution in [1.29, 1.82) is 0 Å². The molecular weight excluding hydrogens is 495 g/mol. The largest absolute Gasteiger partial charge is 0.497 e. The molecule has 12 heteroatoms. The summed E-state index contributed by atoms with van der Waals surface area (Å²) >= 11 is 1.24. The standard InChI is InChI=1S/C23H25FN4O5S2/c1-15-9-21(19(24)10-20(15)26-17-7-8-27(12-17)23(29)30)35(31,32)28(22-13-34-14-25-22)11-16-3-5-18(33-2)6-4-16/h3-6,9-10,13-14,17,26H,7-8,11-12H2,1-2H3,(H,29,30).